The van der Waals surface area contributed by atoms with E-state index in [0.717, 1.165) is 41.3 Å². The molecule has 1 heterocycles. The number of aromatic nitrogens is 2. The lowest BCUT2D eigenvalue weighted by Gasteiger charge is -2.13. The molecule has 4 rings (SSSR count). The number of benzene rings is 3. The predicted molar refractivity (Wildman–Crippen MR) is 111 cm³/mol. The van der Waals surface area contributed by atoms with Crippen LogP contribution in [-0.4, -0.2) is 23.7 Å². The molecule has 0 unspecified atom stereocenters. The maximum Gasteiger partial charge on any atom is 0.262 e. The van der Waals surface area contributed by atoms with Crippen LogP contribution in [0.25, 0.3) is 21.8 Å². The van der Waals surface area contributed by atoms with Gasteiger partial charge in [-0.2, -0.15) is 8.75 Å². The fourth-order valence-electron chi connectivity index (χ4n) is 2.99. The Balaban J connectivity index is 1.75. The van der Waals surface area contributed by atoms with Crippen molar-refractivity contribution in [3.05, 3.63) is 54.6 Å². The molecule has 6 nitrogen and oxygen atoms in total. The Kier molecular flexibility index (Phi) is 4.67. The summed E-state index contributed by atoms with van der Waals surface area (Å²) in [6.07, 6.45) is 0.990. The zero-order valence-corrected chi connectivity index (χ0v) is 16.3. The van der Waals surface area contributed by atoms with E-state index in [1.807, 2.05) is 24.3 Å². The third-order valence-electron chi connectivity index (χ3n) is 4.24. The van der Waals surface area contributed by atoms with Crippen LogP contribution in [0.4, 0.5) is 11.4 Å². The molecule has 0 saturated heterocycles. The minimum atomic E-state index is -3.75. The molecule has 27 heavy (non-hydrogen) atoms. The summed E-state index contributed by atoms with van der Waals surface area (Å²) in [6.45, 7) is 2.92. The summed E-state index contributed by atoms with van der Waals surface area (Å²) in [5.74, 6) is 0. The first-order valence-corrected chi connectivity index (χ1v) is 10.8. The maximum absolute atomic E-state index is 13.1. The van der Waals surface area contributed by atoms with Gasteiger partial charge in [0, 0.05) is 23.0 Å². The average molecular weight is 399 g/mol. The molecule has 0 amide bonds. The smallest absolute Gasteiger partial charge is 0.262 e. The second-order valence-electron chi connectivity index (χ2n) is 6.16. The highest BCUT2D eigenvalue weighted by Gasteiger charge is 2.18. The summed E-state index contributed by atoms with van der Waals surface area (Å²) in [6, 6.07) is 16.1. The van der Waals surface area contributed by atoms with E-state index in [1.54, 1.807) is 30.3 Å². The zero-order valence-electron chi connectivity index (χ0n) is 14.6. The monoisotopic (exact) mass is 398 g/mol. The summed E-state index contributed by atoms with van der Waals surface area (Å²) >= 11 is 1.10. The third kappa shape index (κ3) is 3.45. The van der Waals surface area contributed by atoms with Gasteiger partial charge >= 0.3 is 0 Å². The number of fused-ring (bicyclic) bond motifs is 2. The lowest BCUT2D eigenvalue weighted by Crippen LogP contribution is -2.13. The first kappa shape index (κ1) is 17.7. The molecule has 2 N–H and O–H groups in total. The van der Waals surface area contributed by atoms with Crippen LogP contribution in [0.3, 0.4) is 0 Å². The highest BCUT2D eigenvalue weighted by Crippen LogP contribution is 2.30. The minimum Gasteiger partial charge on any atom is -0.385 e. The highest BCUT2D eigenvalue weighted by molar-refractivity contribution is 7.93. The van der Waals surface area contributed by atoms with Crippen LogP contribution in [0, 0.1) is 0 Å². The van der Waals surface area contributed by atoms with Gasteiger partial charge in [0.15, 0.2) is 0 Å². The molecule has 3 aromatic carbocycles. The number of rotatable bonds is 6. The van der Waals surface area contributed by atoms with Crippen molar-refractivity contribution >= 4 is 54.9 Å². The molecule has 0 bridgehead atoms. The van der Waals surface area contributed by atoms with Crippen molar-refractivity contribution in [3.63, 3.8) is 0 Å². The number of anilines is 2. The van der Waals surface area contributed by atoms with Gasteiger partial charge in [-0.05, 0) is 36.8 Å². The molecular weight excluding hydrogens is 380 g/mol. The fraction of sp³-hybridized carbons (Fsp3) is 0.158. The van der Waals surface area contributed by atoms with Gasteiger partial charge in [-0.3, -0.25) is 4.72 Å². The summed E-state index contributed by atoms with van der Waals surface area (Å²) in [5, 5.41) is 4.92. The van der Waals surface area contributed by atoms with E-state index in [1.165, 1.54) is 0 Å². The van der Waals surface area contributed by atoms with Crippen LogP contribution in [0.1, 0.15) is 13.3 Å². The normalized spacial score (nSPS) is 11.7. The Morgan fingerprint density at radius 2 is 1.74 bits per heavy atom. The topological polar surface area (TPSA) is 84.0 Å². The zero-order chi connectivity index (χ0) is 18.9. The van der Waals surface area contributed by atoms with E-state index in [9.17, 15) is 8.42 Å². The van der Waals surface area contributed by atoms with Gasteiger partial charge in [-0.15, -0.1) is 0 Å². The molecule has 4 aromatic rings. The number of hydrogen-bond donors (Lipinski definition) is 2. The SMILES string of the molecule is CCCNc1cccc2c(S(=O)(=O)Nc3ccc4nsnc4c3)cccc12. The molecule has 0 spiro atoms. The minimum absolute atomic E-state index is 0.247. The van der Waals surface area contributed by atoms with Gasteiger partial charge < -0.3 is 5.32 Å². The molecule has 0 aliphatic carbocycles. The average Bonchev–Trinajstić information content (AvgIpc) is 3.13. The van der Waals surface area contributed by atoms with Gasteiger partial charge in [-0.25, -0.2) is 8.42 Å². The first-order valence-electron chi connectivity index (χ1n) is 8.59. The van der Waals surface area contributed by atoms with Crippen LogP contribution in [-0.2, 0) is 10.0 Å². The fourth-order valence-corrected chi connectivity index (χ4v) is 4.77. The highest BCUT2D eigenvalue weighted by atomic mass is 32.2. The Hall–Kier alpha value is -2.71. The van der Waals surface area contributed by atoms with Crippen molar-refractivity contribution in [2.45, 2.75) is 18.2 Å². The molecule has 0 atom stereocenters. The van der Waals surface area contributed by atoms with Gasteiger partial charge in [0.05, 0.1) is 22.3 Å². The van der Waals surface area contributed by atoms with Crippen molar-refractivity contribution in [1.29, 1.82) is 0 Å². The van der Waals surface area contributed by atoms with Gasteiger partial charge in [0.2, 0.25) is 0 Å². The molecule has 1 aromatic heterocycles. The Bertz CT molecular complexity index is 1220. The first-order chi connectivity index (χ1) is 13.1. The van der Waals surface area contributed by atoms with Crippen molar-refractivity contribution in [3.8, 4) is 0 Å². The Labute approximate surface area is 161 Å². The molecule has 8 heteroatoms. The molecular formula is C19H18N4O2S2. The Morgan fingerprint density at radius 1 is 0.963 bits per heavy atom. The summed E-state index contributed by atoms with van der Waals surface area (Å²) in [7, 11) is -3.75. The van der Waals surface area contributed by atoms with E-state index in [4.69, 9.17) is 0 Å². The van der Waals surface area contributed by atoms with Gasteiger partial charge in [0.25, 0.3) is 10.0 Å². The molecule has 0 radical (unpaired) electrons. The third-order valence-corrected chi connectivity index (χ3v) is 6.24. The molecule has 138 valence electrons. The largest absolute Gasteiger partial charge is 0.385 e. The molecule has 0 saturated carbocycles. The van der Waals surface area contributed by atoms with E-state index in [2.05, 4.69) is 25.7 Å². The molecule has 0 aliphatic heterocycles. The van der Waals surface area contributed by atoms with E-state index in [-0.39, 0.29) is 4.90 Å². The number of nitrogens with one attached hydrogen (secondary N) is 2. The van der Waals surface area contributed by atoms with Gasteiger partial charge in [0.1, 0.15) is 11.0 Å². The lowest BCUT2D eigenvalue weighted by molar-refractivity contribution is 0.602. The van der Waals surface area contributed by atoms with Crippen molar-refractivity contribution in [2.75, 3.05) is 16.6 Å². The predicted octanol–water partition coefficient (Wildman–Crippen LogP) is 4.47. The van der Waals surface area contributed by atoms with Crippen LogP contribution >= 0.6 is 11.7 Å². The second-order valence-corrected chi connectivity index (χ2v) is 8.34. The van der Waals surface area contributed by atoms with Crippen LogP contribution < -0.4 is 10.0 Å². The number of sulfonamides is 1. The summed E-state index contributed by atoms with van der Waals surface area (Å²) in [5.41, 5.74) is 2.82. The van der Waals surface area contributed by atoms with E-state index < -0.39 is 10.0 Å². The van der Waals surface area contributed by atoms with Crippen LogP contribution in [0.15, 0.2) is 59.5 Å². The quantitative estimate of drug-likeness (QED) is 0.501. The molecule has 0 aliphatic rings. The van der Waals surface area contributed by atoms with E-state index in [0.29, 0.717) is 16.6 Å². The van der Waals surface area contributed by atoms with Crippen molar-refractivity contribution < 1.29 is 8.42 Å². The standard InChI is InChI=1S/C19H18N4O2S2/c1-2-11-20-16-7-3-6-15-14(16)5-4-8-19(15)27(24,25)23-13-9-10-17-18(12-13)22-26-21-17/h3-10,12,20,23H,2,11H2,1H3. The summed E-state index contributed by atoms with van der Waals surface area (Å²) < 4.78 is 37.1. The number of hydrogen-bond acceptors (Lipinski definition) is 6. The maximum atomic E-state index is 13.1. The van der Waals surface area contributed by atoms with Gasteiger partial charge in [-0.1, -0.05) is 31.2 Å². The number of nitrogens with zero attached hydrogens (tertiary/aromatic N) is 2. The Morgan fingerprint density at radius 3 is 2.59 bits per heavy atom. The van der Waals surface area contributed by atoms with Crippen molar-refractivity contribution in [2.24, 2.45) is 0 Å². The van der Waals surface area contributed by atoms with Crippen LogP contribution in [0.5, 0.6) is 0 Å². The van der Waals surface area contributed by atoms with E-state index >= 15 is 0 Å². The van der Waals surface area contributed by atoms with Crippen molar-refractivity contribution in [1.82, 2.24) is 8.75 Å². The van der Waals surface area contributed by atoms with Crippen LogP contribution in [0.2, 0.25) is 0 Å². The lowest BCUT2D eigenvalue weighted by atomic mass is 10.1. The summed E-state index contributed by atoms with van der Waals surface area (Å²) in [4.78, 5) is 0.247. The second kappa shape index (κ2) is 7.13. The molecule has 0 fully saturated rings.